The molecule has 0 aliphatic carbocycles. The van der Waals surface area contributed by atoms with Crippen LogP contribution in [0.15, 0.2) is 35.5 Å². The number of carboxylic acid groups (broad SMARTS) is 1. The molecule has 2 aromatic rings. The molecule has 6 atom stereocenters. The molecule has 19 nitrogen and oxygen atoms in total. The number of rotatable bonds is 15. The quantitative estimate of drug-likeness (QED) is 0.0605. The number of guanidine groups is 1. The molecule has 0 saturated carbocycles. The molecular formula is C39H59N11O8. The van der Waals surface area contributed by atoms with Crippen molar-refractivity contribution in [3.8, 4) is 0 Å². The Morgan fingerprint density at radius 3 is 2.33 bits per heavy atom. The van der Waals surface area contributed by atoms with Gasteiger partial charge in [-0.2, -0.15) is 0 Å². The van der Waals surface area contributed by atoms with E-state index < -0.39 is 77.7 Å². The van der Waals surface area contributed by atoms with E-state index in [4.69, 9.17) is 17.2 Å². The van der Waals surface area contributed by atoms with Crippen molar-refractivity contribution in [3.05, 3.63) is 36.0 Å². The van der Waals surface area contributed by atoms with Gasteiger partial charge in [0.15, 0.2) is 5.96 Å². The number of H-pyrrole nitrogens is 1. The van der Waals surface area contributed by atoms with E-state index in [9.17, 15) is 38.7 Å². The van der Waals surface area contributed by atoms with Gasteiger partial charge in [0.05, 0.1) is 0 Å². The number of aliphatic imine (C=N–C) groups is 1. The van der Waals surface area contributed by atoms with Crippen LogP contribution in [0.1, 0.15) is 83.6 Å². The normalized spacial score (nSPS) is 22.9. The number of nitrogens with zero attached hydrogens (tertiary/aromatic N) is 2. The Hall–Kier alpha value is -5.72. The zero-order valence-electron chi connectivity index (χ0n) is 33.3. The van der Waals surface area contributed by atoms with Gasteiger partial charge >= 0.3 is 5.97 Å². The lowest BCUT2D eigenvalue weighted by molar-refractivity contribution is -0.143. The van der Waals surface area contributed by atoms with Crippen LogP contribution in [-0.4, -0.2) is 118 Å². The highest BCUT2D eigenvalue weighted by Gasteiger charge is 2.40. The number of nitrogens with one attached hydrogen (secondary N) is 6. The Kier molecular flexibility index (Phi) is 16.8. The summed E-state index contributed by atoms with van der Waals surface area (Å²) in [5.74, 6) is -5.50. The van der Waals surface area contributed by atoms with Gasteiger partial charge in [0.25, 0.3) is 0 Å². The number of aromatic nitrogens is 1. The average Bonchev–Trinajstić information content (AvgIpc) is 3.83. The van der Waals surface area contributed by atoms with Crippen molar-refractivity contribution in [1.29, 1.82) is 0 Å². The van der Waals surface area contributed by atoms with Gasteiger partial charge in [-0.15, -0.1) is 0 Å². The molecule has 0 bridgehead atoms. The maximum Gasteiger partial charge on any atom is 0.326 e. The van der Waals surface area contributed by atoms with Gasteiger partial charge in [0.1, 0.15) is 36.3 Å². The monoisotopic (exact) mass is 809 g/mol. The van der Waals surface area contributed by atoms with Crippen molar-refractivity contribution in [3.63, 3.8) is 0 Å². The second kappa shape index (κ2) is 21.7. The van der Waals surface area contributed by atoms with Crippen LogP contribution in [0.3, 0.4) is 0 Å². The molecule has 318 valence electrons. The molecule has 4 rings (SSSR count). The number of hydrogen-bond donors (Lipinski definition) is 10. The molecule has 58 heavy (non-hydrogen) atoms. The van der Waals surface area contributed by atoms with Gasteiger partial charge in [-0.3, -0.25) is 33.8 Å². The van der Waals surface area contributed by atoms with Crippen LogP contribution in [0.5, 0.6) is 0 Å². The van der Waals surface area contributed by atoms with E-state index in [0.29, 0.717) is 37.8 Å². The summed E-state index contributed by atoms with van der Waals surface area (Å²) in [7, 11) is 0. The summed E-state index contributed by atoms with van der Waals surface area (Å²) in [6.45, 7) is 4.33. The van der Waals surface area contributed by atoms with Gasteiger partial charge in [-0.1, -0.05) is 32.0 Å². The van der Waals surface area contributed by atoms with Gasteiger partial charge in [0, 0.05) is 43.0 Å². The van der Waals surface area contributed by atoms with Crippen LogP contribution in [0.25, 0.3) is 10.9 Å². The number of aromatic amines is 1. The molecule has 1 aromatic heterocycles. The largest absolute Gasteiger partial charge is 0.480 e. The Morgan fingerprint density at radius 1 is 0.914 bits per heavy atom. The maximum atomic E-state index is 14.3. The highest BCUT2D eigenvalue weighted by molar-refractivity contribution is 5.98. The Labute approximate surface area is 337 Å². The van der Waals surface area contributed by atoms with Crippen LogP contribution in [0, 0.1) is 5.92 Å². The summed E-state index contributed by atoms with van der Waals surface area (Å²) in [5.41, 5.74) is 18.2. The zero-order valence-corrected chi connectivity index (χ0v) is 33.3. The second-order valence-electron chi connectivity index (χ2n) is 15.4. The number of carbonyl (C=O) groups is 7. The molecule has 3 heterocycles. The first-order chi connectivity index (χ1) is 27.7. The molecule has 2 fully saturated rings. The molecule has 4 unspecified atom stereocenters. The summed E-state index contributed by atoms with van der Waals surface area (Å²) in [6.07, 6.45) is 3.58. The molecule has 13 N–H and O–H groups in total. The Bertz CT molecular complexity index is 1810. The third kappa shape index (κ3) is 12.9. The van der Waals surface area contributed by atoms with Gasteiger partial charge in [-0.25, -0.2) is 4.79 Å². The minimum Gasteiger partial charge on any atom is -0.480 e. The molecule has 6 amide bonds. The minimum absolute atomic E-state index is 0.0124. The third-order valence-electron chi connectivity index (χ3n) is 10.3. The first kappa shape index (κ1) is 45.0. The number of carbonyl (C=O) groups excluding carboxylic acids is 6. The van der Waals surface area contributed by atoms with Crippen molar-refractivity contribution in [2.24, 2.45) is 28.1 Å². The summed E-state index contributed by atoms with van der Waals surface area (Å²) in [5, 5.41) is 24.2. The topological polar surface area (TPSA) is 309 Å². The standard InChI is InChI=1S/C39H59N11O8/c1-22(2)19-30(38(57)58)49-34(53)27-14-15-32(51)45-26(12-7-17-43-39(41)42)33(52)47-28(11-5-6-16-40)37(56)50-18-8-13-31(50)36(55)48-29(35(54)46-27)20-23-21-44-25-10-4-3-9-24(23)25/h3-4,9-10,21-22,26-31,44H,5-8,11-20,40H2,1-2H3,(H,45,51)(H,46,54)(H,47,52)(H,48,55)(H,49,53)(H,57,58)(H4,41,42,43)/t26?,27?,28?,29?,30-,31-/m0/s1. The zero-order chi connectivity index (χ0) is 42.4. The van der Waals surface area contributed by atoms with Crippen LogP contribution < -0.4 is 43.8 Å². The number of hydrogen-bond acceptors (Lipinski definition) is 9. The molecule has 0 spiro atoms. The number of amides is 6. The molecule has 0 radical (unpaired) electrons. The average molecular weight is 810 g/mol. The Morgan fingerprint density at radius 2 is 1.62 bits per heavy atom. The fourth-order valence-electron chi connectivity index (χ4n) is 7.34. The molecule has 2 aliphatic rings. The van der Waals surface area contributed by atoms with E-state index in [1.54, 1.807) is 20.0 Å². The van der Waals surface area contributed by atoms with E-state index in [1.807, 2.05) is 24.3 Å². The number of carboxylic acids is 1. The van der Waals surface area contributed by atoms with E-state index in [1.165, 1.54) is 4.90 Å². The van der Waals surface area contributed by atoms with E-state index in [0.717, 1.165) is 10.9 Å². The summed E-state index contributed by atoms with van der Waals surface area (Å²) >= 11 is 0. The first-order valence-corrected chi connectivity index (χ1v) is 20.0. The van der Waals surface area contributed by atoms with E-state index >= 15 is 0 Å². The number of para-hydroxylation sites is 1. The first-order valence-electron chi connectivity index (χ1n) is 20.0. The maximum absolute atomic E-state index is 14.3. The van der Waals surface area contributed by atoms with Crippen LogP contribution in [-0.2, 0) is 40.0 Å². The highest BCUT2D eigenvalue weighted by Crippen LogP contribution is 2.23. The highest BCUT2D eigenvalue weighted by atomic mass is 16.4. The molecular weight excluding hydrogens is 750 g/mol. The van der Waals surface area contributed by atoms with Crippen LogP contribution in [0.2, 0.25) is 0 Å². The van der Waals surface area contributed by atoms with Crippen LogP contribution >= 0.6 is 0 Å². The summed E-state index contributed by atoms with van der Waals surface area (Å²) in [6, 6.07) is 0.265. The second-order valence-corrected chi connectivity index (χ2v) is 15.4. The van der Waals surface area contributed by atoms with Crippen molar-refractivity contribution in [2.45, 2.75) is 121 Å². The minimum atomic E-state index is -1.42. The predicted octanol–water partition coefficient (Wildman–Crippen LogP) is -0.768. The predicted molar refractivity (Wildman–Crippen MR) is 216 cm³/mol. The number of unbranched alkanes of at least 4 members (excludes halogenated alkanes) is 1. The lowest BCUT2D eigenvalue weighted by Crippen LogP contribution is -2.59. The van der Waals surface area contributed by atoms with Gasteiger partial charge in [-0.05, 0) is 81.9 Å². The smallest absolute Gasteiger partial charge is 0.326 e. The molecule has 2 saturated heterocycles. The third-order valence-corrected chi connectivity index (χ3v) is 10.3. The molecule has 19 heteroatoms. The number of aliphatic carboxylic acids is 1. The molecule has 2 aliphatic heterocycles. The number of nitrogens with two attached hydrogens (primary N) is 3. The van der Waals surface area contributed by atoms with Gasteiger partial charge in [0.2, 0.25) is 35.4 Å². The van der Waals surface area contributed by atoms with Crippen molar-refractivity contribution in [2.75, 3.05) is 19.6 Å². The fraction of sp³-hybridized carbons (Fsp3) is 0.590. The lowest BCUT2D eigenvalue weighted by atomic mass is 10.0. The van der Waals surface area contributed by atoms with Crippen molar-refractivity contribution >= 4 is 58.3 Å². The fourth-order valence-corrected chi connectivity index (χ4v) is 7.34. The SMILES string of the molecule is CC(C)C[C@H](NC(=O)C1CCC(=O)NC(CCCN=C(N)N)C(=O)NC(CCCCN)C(=O)N2CCC[C@H]2C(=O)NC(Cc2c[nH]c3ccccc23)C(=O)N1)C(=O)O. The van der Waals surface area contributed by atoms with Crippen LogP contribution in [0.4, 0.5) is 0 Å². The summed E-state index contributed by atoms with van der Waals surface area (Å²) in [4.78, 5) is 105. The van der Waals surface area contributed by atoms with Gasteiger partial charge < -0.3 is 58.8 Å². The van der Waals surface area contributed by atoms with Crippen molar-refractivity contribution in [1.82, 2.24) is 36.5 Å². The Balaban J connectivity index is 1.74. The lowest BCUT2D eigenvalue weighted by Gasteiger charge is -2.31. The molecule has 1 aromatic carbocycles. The summed E-state index contributed by atoms with van der Waals surface area (Å²) < 4.78 is 0. The number of fused-ring (bicyclic) bond motifs is 2. The van der Waals surface area contributed by atoms with Crippen molar-refractivity contribution < 1.29 is 38.7 Å². The number of benzene rings is 1. The van der Waals surface area contributed by atoms with E-state index in [2.05, 4.69) is 36.6 Å². The van der Waals surface area contributed by atoms with E-state index in [-0.39, 0.29) is 69.9 Å².